The molecule has 0 saturated carbocycles. The summed E-state index contributed by atoms with van der Waals surface area (Å²) in [6, 6.07) is 0. The Labute approximate surface area is 258 Å². The van der Waals surface area contributed by atoms with Gasteiger partial charge in [0.15, 0.2) is 0 Å². The van der Waals surface area contributed by atoms with Crippen LogP contribution < -0.4 is 0 Å². The van der Waals surface area contributed by atoms with Crippen LogP contribution in [-0.2, 0) is 20.5 Å². The minimum absolute atomic E-state index is 0.958. The van der Waals surface area contributed by atoms with Crippen molar-refractivity contribution in [3.63, 3.8) is 0 Å². The molecule has 2 nitrogen and oxygen atoms in total. The molecule has 0 N–H and O–H groups in total. The molecule has 0 spiro atoms. The molecular weight excluding hydrogens is 520 g/mol. The summed E-state index contributed by atoms with van der Waals surface area (Å²) >= 11 is 0. The molecule has 0 aliphatic carbocycles. The topological polar surface area (TPSA) is 9.86 Å². The molecule has 224 valence electrons. The van der Waals surface area contributed by atoms with Gasteiger partial charge in [-0.1, -0.05) is 0 Å². The third-order valence-corrected chi connectivity index (χ3v) is 12.4. The van der Waals surface area contributed by atoms with Gasteiger partial charge < -0.3 is 9.13 Å². The number of hydrogen-bond acceptors (Lipinski definition) is 0. The summed E-state index contributed by atoms with van der Waals surface area (Å²) in [4.78, 5) is 0. The molecule has 2 heteroatoms. The van der Waals surface area contributed by atoms with Gasteiger partial charge in [0.1, 0.15) is 0 Å². The molecule has 0 aliphatic heterocycles. The van der Waals surface area contributed by atoms with Crippen LogP contribution in [0.2, 0.25) is 0 Å². The van der Waals surface area contributed by atoms with Crippen molar-refractivity contribution in [2.24, 2.45) is 14.1 Å². The second-order valence-corrected chi connectivity index (χ2v) is 13.9. The van der Waals surface area contributed by atoms with Gasteiger partial charge in [0.05, 0.1) is 22.1 Å². The monoisotopic (exact) mass is 570 g/mol. The van der Waals surface area contributed by atoms with E-state index in [4.69, 9.17) is 0 Å². The average Bonchev–Trinajstić information content (AvgIpc) is 3.46. The molecule has 43 heavy (non-hydrogen) atoms. The fourth-order valence-electron chi connectivity index (χ4n) is 8.82. The van der Waals surface area contributed by atoms with E-state index in [-0.39, 0.29) is 0 Å². The Morgan fingerprint density at radius 2 is 0.535 bits per heavy atom. The summed E-state index contributed by atoms with van der Waals surface area (Å²) in [5.41, 5.74) is 28.6. The van der Waals surface area contributed by atoms with Gasteiger partial charge in [0.25, 0.3) is 0 Å². The fourth-order valence-corrected chi connectivity index (χ4v) is 8.82. The lowest BCUT2D eigenvalue weighted by Crippen LogP contribution is -2.06. The van der Waals surface area contributed by atoms with Crippen molar-refractivity contribution in [2.75, 3.05) is 0 Å². The van der Waals surface area contributed by atoms with Crippen LogP contribution in [0, 0.1) is 96.9 Å². The van der Waals surface area contributed by atoms with Crippen LogP contribution in [0.4, 0.5) is 0 Å². The lowest BCUT2D eigenvalue weighted by atomic mass is 9.84. The first-order valence-corrected chi connectivity index (χ1v) is 16.0. The minimum atomic E-state index is 0.958. The standard InChI is InChI=1S/C41H50N2/c1-18-20(3)27(10)38-34(24(18)7)36-26(9)22(5)33(31(14)41(36)43(38)16)17-32-23(6)29(12)40-37(30(32)13)35-25(8)19(2)21(4)28(11)39(35)42(40)15/h17H2,1-16H3. The minimum Gasteiger partial charge on any atom is -0.343 e. The van der Waals surface area contributed by atoms with Crippen molar-refractivity contribution < 1.29 is 0 Å². The third-order valence-electron chi connectivity index (χ3n) is 12.4. The summed E-state index contributed by atoms with van der Waals surface area (Å²) in [5, 5.41) is 5.80. The number of hydrogen-bond donors (Lipinski definition) is 0. The molecule has 2 aromatic heterocycles. The molecule has 0 atom stereocenters. The second kappa shape index (κ2) is 9.49. The highest BCUT2D eigenvalue weighted by Gasteiger charge is 2.26. The van der Waals surface area contributed by atoms with Gasteiger partial charge in [-0.05, 0) is 192 Å². The van der Waals surface area contributed by atoms with Crippen LogP contribution in [0.5, 0.6) is 0 Å². The van der Waals surface area contributed by atoms with Gasteiger partial charge in [-0.3, -0.25) is 0 Å². The van der Waals surface area contributed by atoms with Crippen molar-refractivity contribution in [2.45, 2.75) is 103 Å². The Morgan fingerprint density at radius 1 is 0.279 bits per heavy atom. The summed E-state index contributed by atoms with van der Waals surface area (Å²) in [5.74, 6) is 0. The highest BCUT2D eigenvalue weighted by Crippen LogP contribution is 2.45. The van der Waals surface area contributed by atoms with Crippen LogP contribution in [0.3, 0.4) is 0 Å². The second-order valence-electron chi connectivity index (χ2n) is 13.9. The quantitative estimate of drug-likeness (QED) is 0.196. The SMILES string of the molecule is Cc1c(C)c(C)c2c(c1C)c1c(C)c(Cc3c(C)c(C)c4c5c(C)c(C)c(C)c(C)c5n(C)c4c3C)c(C)c(C)c1n2C. The van der Waals surface area contributed by atoms with Crippen LogP contribution in [0.1, 0.15) is 89.0 Å². The number of benzene rings is 4. The van der Waals surface area contributed by atoms with Crippen LogP contribution in [-0.4, -0.2) is 9.13 Å². The van der Waals surface area contributed by atoms with Gasteiger partial charge in [-0.2, -0.15) is 0 Å². The first-order valence-electron chi connectivity index (χ1n) is 16.0. The zero-order chi connectivity index (χ0) is 31.7. The van der Waals surface area contributed by atoms with E-state index in [1.54, 1.807) is 0 Å². The summed E-state index contributed by atoms with van der Waals surface area (Å²) < 4.78 is 4.98. The predicted octanol–water partition coefficient (Wildman–Crippen LogP) is 10.9. The zero-order valence-corrected chi connectivity index (χ0v) is 29.6. The maximum absolute atomic E-state index is 2.50. The van der Waals surface area contributed by atoms with Gasteiger partial charge in [-0.15, -0.1) is 0 Å². The van der Waals surface area contributed by atoms with E-state index >= 15 is 0 Å². The van der Waals surface area contributed by atoms with E-state index in [9.17, 15) is 0 Å². The summed E-state index contributed by atoms with van der Waals surface area (Å²) in [6.07, 6.45) is 0.958. The van der Waals surface area contributed by atoms with E-state index < -0.39 is 0 Å². The van der Waals surface area contributed by atoms with Crippen molar-refractivity contribution in [1.29, 1.82) is 0 Å². The Morgan fingerprint density at radius 3 is 0.953 bits per heavy atom. The number of aryl methyl sites for hydroxylation is 10. The van der Waals surface area contributed by atoms with Crippen molar-refractivity contribution >= 4 is 43.6 Å². The average molecular weight is 571 g/mol. The van der Waals surface area contributed by atoms with E-state index in [0.29, 0.717) is 0 Å². The molecule has 4 aromatic carbocycles. The molecule has 0 aliphatic rings. The van der Waals surface area contributed by atoms with Crippen LogP contribution in [0.25, 0.3) is 43.6 Å². The maximum Gasteiger partial charge on any atom is 0.0524 e. The van der Waals surface area contributed by atoms with Crippen molar-refractivity contribution in [3.05, 3.63) is 89.0 Å². The molecule has 0 fully saturated rings. The lowest BCUT2D eigenvalue weighted by Gasteiger charge is -2.21. The van der Waals surface area contributed by atoms with E-state index in [0.717, 1.165) is 6.42 Å². The highest BCUT2D eigenvalue weighted by molar-refractivity contribution is 6.15. The molecule has 2 heterocycles. The molecule has 6 aromatic rings. The van der Waals surface area contributed by atoms with Crippen LogP contribution in [0.15, 0.2) is 0 Å². The normalized spacial score (nSPS) is 12.3. The predicted molar refractivity (Wildman–Crippen MR) is 190 cm³/mol. The largest absolute Gasteiger partial charge is 0.343 e. The first-order chi connectivity index (χ1) is 20.1. The summed E-state index contributed by atoms with van der Waals surface area (Å²) in [7, 11) is 4.56. The molecule has 6 rings (SSSR count). The molecule has 0 radical (unpaired) electrons. The van der Waals surface area contributed by atoms with Gasteiger partial charge in [0, 0.05) is 35.6 Å². The zero-order valence-electron chi connectivity index (χ0n) is 29.6. The Bertz CT molecular complexity index is 2240. The number of nitrogens with zero attached hydrogens (tertiary/aromatic N) is 2. The van der Waals surface area contributed by atoms with E-state index in [2.05, 4.69) is 120 Å². The fraction of sp³-hybridized carbons (Fsp3) is 0.415. The van der Waals surface area contributed by atoms with E-state index in [1.165, 1.54) is 133 Å². The van der Waals surface area contributed by atoms with Gasteiger partial charge >= 0.3 is 0 Å². The Balaban J connectivity index is 1.72. The Hall–Kier alpha value is -3.52. The molecule has 0 saturated heterocycles. The molecule has 0 bridgehead atoms. The maximum atomic E-state index is 2.50. The van der Waals surface area contributed by atoms with Crippen molar-refractivity contribution in [1.82, 2.24) is 9.13 Å². The van der Waals surface area contributed by atoms with E-state index in [1.807, 2.05) is 0 Å². The Kier molecular flexibility index (Phi) is 6.52. The van der Waals surface area contributed by atoms with Gasteiger partial charge in [-0.25, -0.2) is 0 Å². The highest BCUT2D eigenvalue weighted by atomic mass is 15.0. The molecular formula is C41H50N2. The first kappa shape index (κ1) is 29.5. The third kappa shape index (κ3) is 3.53. The number of fused-ring (bicyclic) bond motifs is 6. The number of aromatic nitrogens is 2. The smallest absolute Gasteiger partial charge is 0.0524 e. The number of rotatable bonds is 2. The molecule has 0 amide bonds. The molecule has 0 unspecified atom stereocenters. The van der Waals surface area contributed by atoms with Crippen molar-refractivity contribution in [3.8, 4) is 0 Å². The summed E-state index contributed by atoms with van der Waals surface area (Å²) in [6.45, 7) is 32.6. The van der Waals surface area contributed by atoms with Gasteiger partial charge in [0.2, 0.25) is 0 Å². The van der Waals surface area contributed by atoms with Crippen LogP contribution >= 0.6 is 0 Å². The lowest BCUT2D eigenvalue weighted by molar-refractivity contribution is 0.983.